The van der Waals surface area contributed by atoms with Gasteiger partial charge in [-0.3, -0.25) is 9.59 Å². The Morgan fingerprint density at radius 1 is 1.19 bits per heavy atom. The summed E-state index contributed by atoms with van der Waals surface area (Å²) in [7, 11) is 0. The van der Waals surface area contributed by atoms with Gasteiger partial charge in [0.25, 0.3) is 0 Å². The Hall–Kier alpha value is -2.35. The lowest BCUT2D eigenvalue weighted by molar-refractivity contribution is -0.131. The molecule has 112 valence electrons. The second-order valence-electron chi connectivity index (χ2n) is 4.17. The predicted molar refractivity (Wildman–Crippen MR) is 81.4 cm³/mol. The van der Waals surface area contributed by atoms with Crippen molar-refractivity contribution in [3.63, 3.8) is 0 Å². The number of hydrogen-bond donors (Lipinski definition) is 3. The first-order valence-electron chi connectivity index (χ1n) is 5.81. The molecule has 0 atom stereocenters. The zero-order valence-electron chi connectivity index (χ0n) is 11.0. The maximum atomic E-state index is 11.1. The maximum Gasteiger partial charge on any atom is 0.328 e. The lowest BCUT2D eigenvalue weighted by Gasteiger charge is -2.23. The Bertz CT molecular complexity index is 585. The van der Waals surface area contributed by atoms with Gasteiger partial charge in [-0.2, -0.15) is 0 Å². The summed E-state index contributed by atoms with van der Waals surface area (Å²) in [6, 6.07) is 4.94. The first kappa shape index (κ1) is 16.7. The Morgan fingerprint density at radius 2 is 1.76 bits per heavy atom. The summed E-state index contributed by atoms with van der Waals surface area (Å²) in [5.41, 5.74) is 11.5. The Morgan fingerprint density at radius 3 is 2.19 bits per heavy atom. The van der Waals surface area contributed by atoms with Crippen LogP contribution < -0.4 is 16.4 Å². The van der Waals surface area contributed by atoms with Gasteiger partial charge in [-0.1, -0.05) is 6.07 Å². The molecule has 8 heteroatoms. The molecule has 0 unspecified atom stereocenters. The van der Waals surface area contributed by atoms with E-state index in [1.54, 1.807) is 18.2 Å². The van der Waals surface area contributed by atoms with Crippen molar-refractivity contribution < 1.29 is 19.5 Å². The minimum atomic E-state index is -1.06. The lowest BCUT2D eigenvalue weighted by atomic mass is 10.1. The van der Waals surface area contributed by atoms with Gasteiger partial charge in [-0.25, -0.2) is 4.79 Å². The number of carboxylic acid groups (broad SMARTS) is 1. The van der Waals surface area contributed by atoms with Gasteiger partial charge in [-0.05, 0) is 39.7 Å². The van der Waals surface area contributed by atoms with Crippen molar-refractivity contribution >= 4 is 45.5 Å². The van der Waals surface area contributed by atoms with E-state index in [2.05, 4.69) is 15.9 Å². The smallest absolute Gasteiger partial charge is 0.328 e. The molecule has 5 N–H and O–H groups in total. The molecule has 0 saturated heterocycles. The Kier molecular flexibility index (Phi) is 5.92. The topological polar surface area (TPSA) is 127 Å². The minimum absolute atomic E-state index is 0.161. The quantitative estimate of drug-likeness (QED) is 0.607. The van der Waals surface area contributed by atoms with E-state index in [0.717, 1.165) is 6.08 Å². The van der Waals surface area contributed by atoms with Crippen LogP contribution in [0.1, 0.15) is 5.56 Å². The molecule has 2 amide bonds. The number of halogens is 1. The number of carbonyl (C=O) groups is 3. The normalized spacial score (nSPS) is 10.5. The van der Waals surface area contributed by atoms with Gasteiger partial charge in [0.1, 0.15) is 0 Å². The molecule has 0 aliphatic carbocycles. The third-order valence-corrected chi connectivity index (χ3v) is 3.06. The molecule has 0 saturated carbocycles. The number of carbonyl (C=O) groups excluding carboxylic acids is 2. The number of amides is 2. The van der Waals surface area contributed by atoms with E-state index in [1.165, 1.54) is 11.0 Å². The molecule has 0 radical (unpaired) electrons. The lowest BCUT2D eigenvalue weighted by Crippen LogP contribution is -2.39. The third kappa shape index (κ3) is 5.65. The molecule has 0 aliphatic heterocycles. The predicted octanol–water partition coefficient (Wildman–Crippen LogP) is 0.324. The highest BCUT2D eigenvalue weighted by atomic mass is 79.9. The van der Waals surface area contributed by atoms with Crippen LogP contribution >= 0.6 is 15.9 Å². The van der Waals surface area contributed by atoms with Crippen molar-refractivity contribution in [1.29, 1.82) is 0 Å². The first-order chi connectivity index (χ1) is 9.79. The summed E-state index contributed by atoms with van der Waals surface area (Å²) in [6.45, 7) is -0.322. The highest BCUT2D eigenvalue weighted by molar-refractivity contribution is 9.10. The number of nitrogens with zero attached hydrogens (tertiary/aromatic N) is 1. The second kappa shape index (κ2) is 7.44. The number of anilines is 1. The highest BCUT2D eigenvalue weighted by Gasteiger charge is 2.15. The summed E-state index contributed by atoms with van der Waals surface area (Å²) in [5.74, 6) is -2.25. The summed E-state index contributed by atoms with van der Waals surface area (Å²) in [5, 5.41) is 8.58. The van der Waals surface area contributed by atoms with E-state index in [9.17, 15) is 14.4 Å². The minimum Gasteiger partial charge on any atom is -0.478 e. The fourth-order valence-corrected chi connectivity index (χ4v) is 2.30. The van der Waals surface area contributed by atoms with E-state index in [-0.39, 0.29) is 13.1 Å². The fourth-order valence-electron chi connectivity index (χ4n) is 1.65. The third-order valence-electron chi connectivity index (χ3n) is 2.42. The van der Waals surface area contributed by atoms with Crippen LogP contribution in [-0.4, -0.2) is 36.0 Å². The fraction of sp³-hybridized carbons (Fsp3) is 0.154. The van der Waals surface area contributed by atoms with Crippen LogP contribution in [0.25, 0.3) is 6.08 Å². The average Bonchev–Trinajstić information content (AvgIpc) is 2.34. The van der Waals surface area contributed by atoms with Gasteiger partial charge in [0.2, 0.25) is 11.8 Å². The van der Waals surface area contributed by atoms with E-state index in [4.69, 9.17) is 16.6 Å². The summed E-state index contributed by atoms with van der Waals surface area (Å²) in [6.07, 6.45) is 2.43. The van der Waals surface area contributed by atoms with Crippen molar-refractivity contribution in [1.82, 2.24) is 0 Å². The SMILES string of the molecule is NC(=O)CN(CC(N)=O)c1ccc(/C=C/C(=O)O)cc1Br. The molecule has 0 aliphatic rings. The van der Waals surface area contributed by atoms with Gasteiger partial charge < -0.3 is 21.5 Å². The van der Waals surface area contributed by atoms with Gasteiger partial charge in [0, 0.05) is 10.5 Å². The average molecular weight is 356 g/mol. The number of carboxylic acids is 1. The number of rotatable bonds is 7. The molecule has 0 aromatic heterocycles. The number of primary amides is 2. The number of hydrogen-bond acceptors (Lipinski definition) is 4. The van der Waals surface area contributed by atoms with Gasteiger partial charge >= 0.3 is 5.97 Å². The van der Waals surface area contributed by atoms with Crippen LogP contribution in [-0.2, 0) is 14.4 Å². The van der Waals surface area contributed by atoms with Gasteiger partial charge in [0.15, 0.2) is 0 Å². The van der Waals surface area contributed by atoms with Gasteiger partial charge in [-0.15, -0.1) is 0 Å². The molecule has 1 aromatic rings. The van der Waals surface area contributed by atoms with Crippen molar-refractivity contribution in [3.05, 3.63) is 34.3 Å². The van der Waals surface area contributed by atoms with E-state index in [0.29, 0.717) is 15.7 Å². The summed E-state index contributed by atoms with van der Waals surface area (Å²) < 4.78 is 0.581. The van der Waals surface area contributed by atoms with Crippen molar-refractivity contribution in [2.24, 2.45) is 11.5 Å². The molecule has 1 aromatic carbocycles. The zero-order valence-corrected chi connectivity index (χ0v) is 12.5. The molecule has 0 spiro atoms. The van der Waals surface area contributed by atoms with Crippen LogP contribution in [0.2, 0.25) is 0 Å². The number of aliphatic carboxylic acids is 1. The molecular weight excluding hydrogens is 342 g/mol. The first-order valence-corrected chi connectivity index (χ1v) is 6.61. The Balaban J connectivity index is 3.06. The molecule has 7 nitrogen and oxygen atoms in total. The second-order valence-corrected chi connectivity index (χ2v) is 5.03. The number of nitrogens with two attached hydrogens (primary N) is 2. The Labute approximate surface area is 129 Å². The summed E-state index contributed by atoms with van der Waals surface area (Å²) >= 11 is 3.31. The van der Waals surface area contributed by atoms with Crippen LogP contribution in [0.5, 0.6) is 0 Å². The van der Waals surface area contributed by atoms with Crippen molar-refractivity contribution in [2.75, 3.05) is 18.0 Å². The van der Waals surface area contributed by atoms with E-state index < -0.39 is 17.8 Å². The van der Waals surface area contributed by atoms with Crippen LogP contribution in [0.3, 0.4) is 0 Å². The number of benzene rings is 1. The molecule has 21 heavy (non-hydrogen) atoms. The molecule has 0 bridgehead atoms. The largest absolute Gasteiger partial charge is 0.478 e. The van der Waals surface area contributed by atoms with Crippen molar-refractivity contribution in [3.8, 4) is 0 Å². The molecular formula is C13H14BrN3O4. The standard InChI is InChI=1S/C13H14BrN3O4/c14-9-5-8(2-4-13(20)21)1-3-10(9)17(6-11(15)18)7-12(16)19/h1-5H,6-7H2,(H2,15,18)(H2,16,19)(H,20,21)/b4-2+. The molecule has 0 fully saturated rings. The molecule has 0 heterocycles. The summed E-state index contributed by atoms with van der Waals surface area (Å²) in [4.78, 5) is 34.0. The van der Waals surface area contributed by atoms with Crippen LogP contribution in [0.15, 0.2) is 28.7 Å². The molecule has 1 rings (SSSR count). The van der Waals surface area contributed by atoms with Gasteiger partial charge in [0.05, 0.1) is 18.8 Å². The van der Waals surface area contributed by atoms with E-state index >= 15 is 0 Å². The van der Waals surface area contributed by atoms with Crippen LogP contribution in [0.4, 0.5) is 5.69 Å². The monoisotopic (exact) mass is 355 g/mol. The van der Waals surface area contributed by atoms with E-state index in [1.807, 2.05) is 0 Å². The zero-order chi connectivity index (χ0) is 16.0. The van der Waals surface area contributed by atoms with Crippen molar-refractivity contribution in [2.45, 2.75) is 0 Å². The maximum absolute atomic E-state index is 11.1. The van der Waals surface area contributed by atoms with Crippen LogP contribution in [0, 0.1) is 0 Å². The highest BCUT2D eigenvalue weighted by Crippen LogP contribution is 2.27.